The molecule has 36 heavy (non-hydrogen) atoms. The molecule has 2 N–H and O–H groups in total. The highest BCUT2D eigenvalue weighted by molar-refractivity contribution is 5.73. The Labute approximate surface area is 214 Å². The number of methoxy groups -OCH3 is 3. The summed E-state index contributed by atoms with van der Waals surface area (Å²) in [6.45, 7) is 5.34. The summed E-state index contributed by atoms with van der Waals surface area (Å²) < 4.78 is 29.2. The van der Waals surface area contributed by atoms with Gasteiger partial charge < -0.3 is 33.9 Å². The molecule has 0 spiro atoms. The summed E-state index contributed by atoms with van der Waals surface area (Å²) in [5.41, 5.74) is 0.861. The third-order valence-corrected chi connectivity index (χ3v) is 7.78. The normalized spacial score (nSPS) is 41.6. The second-order valence-electron chi connectivity index (χ2n) is 10.0. The van der Waals surface area contributed by atoms with E-state index in [4.69, 9.17) is 23.7 Å². The van der Waals surface area contributed by atoms with Crippen LogP contribution in [0, 0.1) is 17.8 Å². The largest absolute Gasteiger partial charge is 0.457 e. The van der Waals surface area contributed by atoms with Crippen LogP contribution in [-0.4, -0.2) is 73.8 Å². The van der Waals surface area contributed by atoms with Gasteiger partial charge in [-0.2, -0.15) is 0 Å². The Balaban J connectivity index is 2.03. The number of aliphatic hydroxyl groups is 2. The van der Waals surface area contributed by atoms with Crippen LogP contribution < -0.4 is 0 Å². The molecule has 1 aromatic carbocycles. The van der Waals surface area contributed by atoms with E-state index in [0.29, 0.717) is 12.8 Å². The van der Waals surface area contributed by atoms with Crippen LogP contribution in [0.3, 0.4) is 0 Å². The molecule has 0 amide bonds. The number of benzene rings is 1. The van der Waals surface area contributed by atoms with Gasteiger partial charge in [0, 0.05) is 33.2 Å². The number of aliphatic hydroxyl groups excluding tert-OH is 1. The van der Waals surface area contributed by atoms with E-state index in [0.717, 1.165) is 12.0 Å². The molecule has 202 valence electrons. The SMILES string of the molecule is CO[C@H]1CCC[C@@H](c2ccccc2)OC(=O)[C@@H](C)[C@@]2(O)O[C@H]([C@@H](C)[C@H](O)[C@H]2OC)[C@@H](C)/C=C\[C@H]1OC. The molecule has 3 rings (SSSR count). The van der Waals surface area contributed by atoms with Crippen molar-refractivity contribution in [2.75, 3.05) is 21.3 Å². The molecule has 1 aromatic rings. The minimum absolute atomic E-state index is 0.195. The zero-order chi connectivity index (χ0) is 26.5. The highest BCUT2D eigenvalue weighted by Gasteiger charge is 2.58. The molecular formula is C28H42O8. The van der Waals surface area contributed by atoms with Crippen molar-refractivity contribution in [2.45, 2.75) is 82.4 Å². The fraction of sp³-hybridized carbons (Fsp3) is 0.679. The van der Waals surface area contributed by atoms with Crippen molar-refractivity contribution in [1.29, 1.82) is 0 Å². The lowest BCUT2D eigenvalue weighted by Crippen LogP contribution is -2.66. The number of carbonyl (C=O) groups is 1. The van der Waals surface area contributed by atoms with Crippen molar-refractivity contribution in [2.24, 2.45) is 17.8 Å². The maximum atomic E-state index is 13.4. The average Bonchev–Trinajstić information content (AvgIpc) is 2.88. The summed E-state index contributed by atoms with van der Waals surface area (Å²) in [5.74, 6) is -4.39. The average molecular weight is 507 g/mol. The lowest BCUT2D eigenvalue weighted by atomic mass is 9.78. The van der Waals surface area contributed by atoms with Crippen molar-refractivity contribution in [3.63, 3.8) is 0 Å². The van der Waals surface area contributed by atoms with Gasteiger partial charge in [-0.25, -0.2) is 0 Å². The fourth-order valence-electron chi connectivity index (χ4n) is 5.39. The van der Waals surface area contributed by atoms with Gasteiger partial charge in [0.2, 0.25) is 5.79 Å². The van der Waals surface area contributed by atoms with Gasteiger partial charge in [-0.3, -0.25) is 4.79 Å². The van der Waals surface area contributed by atoms with Crippen molar-refractivity contribution in [1.82, 2.24) is 0 Å². The number of hydrogen-bond donors (Lipinski definition) is 2. The van der Waals surface area contributed by atoms with E-state index in [1.165, 1.54) is 7.11 Å². The van der Waals surface area contributed by atoms with Crippen LogP contribution in [0.5, 0.6) is 0 Å². The second kappa shape index (κ2) is 12.6. The minimum atomic E-state index is -2.08. The Hall–Kier alpha value is -1.81. The topological polar surface area (TPSA) is 104 Å². The number of carbonyl (C=O) groups excluding carboxylic acids is 1. The van der Waals surface area contributed by atoms with Crippen molar-refractivity contribution < 1.29 is 38.7 Å². The van der Waals surface area contributed by atoms with E-state index in [9.17, 15) is 15.0 Å². The Morgan fingerprint density at radius 3 is 2.28 bits per heavy atom. The number of esters is 1. The van der Waals surface area contributed by atoms with Gasteiger partial charge >= 0.3 is 5.97 Å². The van der Waals surface area contributed by atoms with Crippen molar-refractivity contribution >= 4 is 5.97 Å². The third kappa shape index (κ3) is 6.01. The highest BCUT2D eigenvalue weighted by atomic mass is 16.7. The van der Waals surface area contributed by atoms with Crippen LogP contribution in [0.15, 0.2) is 42.5 Å². The standard InChI is InChI=1S/C28H42O8/c1-17-15-16-23(33-5)22(32-4)14-10-13-21(20-11-8-7-9-12-20)35-27(30)19(3)28(31)26(34-6)24(29)18(2)25(17)36-28/h7-9,11-12,15-19,21-26,29,31H,10,13-14H2,1-6H3/b16-15-/t17-,18-,19+,21-,22-,23+,24-,25-,26+,28+/m0/s1. The predicted octanol–water partition coefficient (Wildman–Crippen LogP) is 3.41. The van der Waals surface area contributed by atoms with Crippen LogP contribution in [-0.2, 0) is 28.5 Å². The number of cyclic esters (lactones) is 1. The molecule has 0 radical (unpaired) electrons. The molecule has 10 atom stereocenters. The summed E-state index contributed by atoms with van der Waals surface area (Å²) in [5, 5.41) is 22.8. The van der Waals surface area contributed by atoms with Gasteiger partial charge in [0.25, 0.3) is 0 Å². The molecule has 1 saturated heterocycles. The summed E-state index contributed by atoms with van der Waals surface area (Å²) in [7, 11) is 4.69. The monoisotopic (exact) mass is 506 g/mol. The number of ether oxygens (including phenoxy) is 5. The zero-order valence-corrected chi connectivity index (χ0v) is 22.2. The first-order chi connectivity index (χ1) is 17.2. The smallest absolute Gasteiger partial charge is 0.314 e. The molecule has 8 nitrogen and oxygen atoms in total. The highest BCUT2D eigenvalue weighted by Crippen LogP contribution is 2.42. The molecule has 2 bridgehead atoms. The van der Waals surface area contributed by atoms with E-state index in [1.54, 1.807) is 21.1 Å². The molecule has 2 aliphatic heterocycles. The Kier molecular flexibility index (Phi) is 10.1. The minimum Gasteiger partial charge on any atom is -0.457 e. The third-order valence-electron chi connectivity index (χ3n) is 7.78. The van der Waals surface area contributed by atoms with Crippen LogP contribution in [0.4, 0.5) is 0 Å². The molecule has 0 unspecified atom stereocenters. The first-order valence-electron chi connectivity index (χ1n) is 12.8. The zero-order valence-electron chi connectivity index (χ0n) is 22.2. The van der Waals surface area contributed by atoms with E-state index < -0.39 is 42.1 Å². The van der Waals surface area contributed by atoms with Gasteiger partial charge in [-0.15, -0.1) is 0 Å². The number of fused-ring (bicyclic) bond motifs is 2. The number of hydrogen-bond acceptors (Lipinski definition) is 8. The second-order valence-corrected chi connectivity index (χ2v) is 10.0. The Bertz CT molecular complexity index is 860. The summed E-state index contributed by atoms with van der Waals surface area (Å²) in [6, 6.07) is 9.53. The van der Waals surface area contributed by atoms with Crippen LogP contribution in [0.1, 0.15) is 51.7 Å². The molecule has 1 fully saturated rings. The van der Waals surface area contributed by atoms with E-state index in [-0.39, 0.29) is 24.0 Å². The molecule has 0 aliphatic carbocycles. The molecule has 0 saturated carbocycles. The first kappa shape index (κ1) is 28.8. The van der Waals surface area contributed by atoms with Gasteiger partial charge in [0.1, 0.15) is 24.2 Å². The van der Waals surface area contributed by atoms with E-state index in [1.807, 2.05) is 56.3 Å². The van der Waals surface area contributed by atoms with Gasteiger partial charge in [-0.1, -0.05) is 56.3 Å². The maximum Gasteiger partial charge on any atom is 0.314 e. The Morgan fingerprint density at radius 2 is 1.67 bits per heavy atom. The predicted molar refractivity (Wildman–Crippen MR) is 134 cm³/mol. The molecule has 2 aliphatic rings. The van der Waals surface area contributed by atoms with Crippen LogP contribution >= 0.6 is 0 Å². The summed E-state index contributed by atoms with van der Waals surface area (Å²) >= 11 is 0. The van der Waals surface area contributed by atoms with Gasteiger partial charge in [0.15, 0.2) is 0 Å². The van der Waals surface area contributed by atoms with Crippen LogP contribution in [0.2, 0.25) is 0 Å². The fourth-order valence-corrected chi connectivity index (χ4v) is 5.39. The van der Waals surface area contributed by atoms with Crippen LogP contribution in [0.25, 0.3) is 0 Å². The Morgan fingerprint density at radius 1 is 0.972 bits per heavy atom. The van der Waals surface area contributed by atoms with Gasteiger partial charge in [-0.05, 0) is 31.7 Å². The quantitative estimate of drug-likeness (QED) is 0.473. The van der Waals surface area contributed by atoms with E-state index in [2.05, 4.69) is 0 Å². The summed E-state index contributed by atoms with van der Waals surface area (Å²) in [6.07, 6.45) is 2.11. The van der Waals surface area contributed by atoms with Gasteiger partial charge in [0.05, 0.1) is 18.3 Å². The molecule has 2 heterocycles. The van der Waals surface area contributed by atoms with Crippen molar-refractivity contribution in [3.8, 4) is 0 Å². The lowest BCUT2D eigenvalue weighted by molar-refractivity contribution is -0.360. The van der Waals surface area contributed by atoms with E-state index >= 15 is 0 Å². The lowest BCUT2D eigenvalue weighted by Gasteiger charge is -2.51. The molecular weight excluding hydrogens is 464 g/mol. The molecule has 0 aromatic heterocycles. The van der Waals surface area contributed by atoms with Crippen molar-refractivity contribution in [3.05, 3.63) is 48.0 Å². The summed E-state index contributed by atoms with van der Waals surface area (Å²) in [4.78, 5) is 13.4. The number of rotatable bonds is 4. The first-order valence-corrected chi connectivity index (χ1v) is 12.8. The maximum absolute atomic E-state index is 13.4. The molecule has 8 heteroatoms.